The molecule has 112 valence electrons. The van der Waals surface area contributed by atoms with Gasteiger partial charge in [0.2, 0.25) is 0 Å². The van der Waals surface area contributed by atoms with Crippen molar-refractivity contribution in [3.8, 4) is 0 Å². The Balaban J connectivity index is 0.000000497. The Morgan fingerprint density at radius 3 is 1.43 bits per heavy atom. The quantitative estimate of drug-likeness (QED) is 0.419. The molecule has 3 aromatic rings. The number of nitrogens with zero attached hydrogens (tertiary/aromatic N) is 1. The van der Waals surface area contributed by atoms with Crippen LogP contribution in [0.2, 0.25) is 0 Å². The maximum atomic E-state index is 4.81. The van der Waals surface area contributed by atoms with Crippen molar-refractivity contribution >= 4 is 37.7 Å². The van der Waals surface area contributed by atoms with E-state index in [0.717, 1.165) is 0 Å². The Morgan fingerprint density at radius 2 is 1.05 bits per heavy atom. The summed E-state index contributed by atoms with van der Waals surface area (Å²) in [6, 6.07) is 25.6. The number of aromatic nitrogens is 1. The number of benzene rings is 2. The molecular formula is C16H14Cl2NPPd. The molecule has 0 aliphatic rings. The molecule has 3 rings (SSSR count). The van der Waals surface area contributed by atoms with Crippen molar-refractivity contribution < 1.29 is 15.9 Å². The van der Waals surface area contributed by atoms with E-state index in [1.807, 2.05) is 0 Å². The third kappa shape index (κ3) is 4.96. The third-order valence-corrected chi connectivity index (χ3v) is 5.12. The molecule has 1 aromatic heterocycles. The van der Waals surface area contributed by atoms with Gasteiger partial charge >= 0.3 is 35.0 Å². The van der Waals surface area contributed by atoms with E-state index in [9.17, 15) is 0 Å². The summed E-state index contributed by atoms with van der Waals surface area (Å²) in [4.78, 5) is 0. The number of hydrogen-bond acceptors (Lipinski definition) is 0. The monoisotopic (exact) mass is 427 g/mol. The zero-order valence-corrected chi connectivity index (χ0v) is 15.0. The van der Waals surface area contributed by atoms with Crippen molar-refractivity contribution in [2.75, 3.05) is 0 Å². The molecule has 0 amide bonds. The minimum Gasteiger partial charge on any atom is -0.325 e. The zero-order valence-electron chi connectivity index (χ0n) is 11.0. The SMILES string of the molecule is [Cl][Pd][Cl].c1ccc(P(c2ccccc2)n2cccc2)cc1. The van der Waals surface area contributed by atoms with Gasteiger partial charge in [-0.05, 0) is 12.1 Å². The molecule has 0 fully saturated rings. The second-order valence-corrected chi connectivity index (χ2v) is 8.57. The summed E-state index contributed by atoms with van der Waals surface area (Å²) >= 11 is -0.106. The fourth-order valence-electron chi connectivity index (χ4n) is 2.01. The Labute approximate surface area is 142 Å². The molecule has 21 heavy (non-hydrogen) atoms. The van der Waals surface area contributed by atoms with E-state index >= 15 is 0 Å². The average Bonchev–Trinajstić information content (AvgIpc) is 3.05. The van der Waals surface area contributed by atoms with E-state index in [2.05, 4.69) is 89.5 Å². The molecular weight excluding hydrogens is 414 g/mol. The number of hydrogen-bond donors (Lipinski definition) is 0. The second-order valence-electron chi connectivity index (χ2n) is 4.09. The van der Waals surface area contributed by atoms with Crippen LogP contribution >= 0.6 is 27.1 Å². The Kier molecular flexibility index (Phi) is 7.52. The molecule has 0 spiro atoms. The Hall–Kier alpha value is -0.608. The third-order valence-electron chi connectivity index (χ3n) is 2.82. The van der Waals surface area contributed by atoms with Crippen LogP contribution in [0, 0.1) is 0 Å². The number of rotatable bonds is 3. The summed E-state index contributed by atoms with van der Waals surface area (Å²) in [5.41, 5.74) is 0. The van der Waals surface area contributed by atoms with Crippen LogP contribution in [0.15, 0.2) is 85.2 Å². The van der Waals surface area contributed by atoms with E-state index in [1.165, 1.54) is 10.6 Å². The van der Waals surface area contributed by atoms with Gasteiger partial charge in [0.25, 0.3) is 0 Å². The summed E-state index contributed by atoms with van der Waals surface area (Å²) in [5, 5.41) is 2.74. The summed E-state index contributed by atoms with van der Waals surface area (Å²) in [6.45, 7) is 0. The molecule has 1 heterocycles. The fraction of sp³-hybridized carbons (Fsp3) is 0. The molecule has 0 radical (unpaired) electrons. The van der Waals surface area contributed by atoms with Gasteiger partial charge in [-0.2, -0.15) is 0 Å². The number of halogens is 2. The Morgan fingerprint density at radius 1 is 0.667 bits per heavy atom. The van der Waals surface area contributed by atoms with Gasteiger partial charge in [0.05, 0.1) is 8.07 Å². The topological polar surface area (TPSA) is 4.93 Å². The standard InChI is InChI=1S/C16H14NP.2ClH.Pd/c1-3-9-15(10-4-1)18(17-13-7-8-14-17)16-11-5-2-6-12-16;;;/h1-14H;2*1H;/q;;;+2/p-2. The molecule has 0 unspecified atom stereocenters. The van der Waals surface area contributed by atoms with E-state index in [4.69, 9.17) is 19.1 Å². The Bertz CT molecular complexity index is 578. The van der Waals surface area contributed by atoms with Crippen LogP contribution in [0.3, 0.4) is 0 Å². The summed E-state index contributed by atoms with van der Waals surface area (Å²) < 4.78 is 2.31. The van der Waals surface area contributed by atoms with Gasteiger partial charge in [0.15, 0.2) is 0 Å². The van der Waals surface area contributed by atoms with Crippen molar-refractivity contribution in [1.29, 1.82) is 0 Å². The van der Waals surface area contributed by atoms with Crippen molar-refractivity contribution in [1.82, 2.24) is 4.34 Å². The van der Waals surface area contributed by atoms with Crippen LogP contribution in [0.25, 0.3) is 0 Å². The van der Waals surface area contributed by atoms with Gasteiger partial charge < -0.3 is 4.34 Å². The first-order valence-corrected chi connectivity index (χ1v) is 11.5. The van der Waals surface area contributed by atoms with E-state index in [0.29, 0.717) is 0 Å². The molecule has 0 aliphatic heterocycles. The van der Waals surface area contributed by atoms with Crippen LogP contribution < -0.4 is 10.6 Å². The first kappa shape index (κ1) is 16.8. The van der Waals surface area contributed by atoms with E-state index in [1.54, 1.807) is 0 Å². The first-order valence-electron chi connectivity index (χ1n) is 6.22. The maximum absolute atomic E-state index is 4.81. The van der Waals surface area contributed by atoms with Crippen molar-refractivity contribution in [2.45, 2.75) is 0 Å². The van der Waals surface area contributed by atoms with E-state index in [-0.39, 0.29) is 15.9 Å². The normalized spacial score (nSPS) is 10.2. The van der Waals surface area contributed by atoms with Crippen molar-refractivity contribution in [3.63, 3.8) is 0 Å². The van der Waals surface area contributed by atoms with Crippen LogP contribution in [0.4, 0.5) is 0 Å². The molecule has 0 N–H and O–H groups in total. The second kappa shape index (κ2) is 9.42. The van der Waals surface area contributed by atoms with Crippen LogP contribution in [-0.2, 0) is 15.9 Å². The largest absolute Gasteiger partial charge is 0.325 e. The fourth-order valence-corrected chi connectivity index (χ4v) is 4.17. The minimum atomic E-state index is -0.492. The summed E-state index contributed by atoms with van der Waals surface area (Å²) in [6.07, 6.45) is 4.29. The van der Waals surface area contributed by atoms with Gasteiger partial charge in [-0.1, -0.05) is 60.7 Å². The molecule has 0 bridgehead atoms. The van der Waals surface area contributed by atoms with Crippen molar-refractivity contribution in [2.24, 2.45) is 0 Å². The van der Waals surface area contributed by atoms with E-state index < -0.39 is 8.07 Å². The van der Waals surface area contributed by atoms with Crippen LogP contribution in [0.1, 0.15) is 0 Å². The molecule has 5 heteroatoms. The average molecular weight is 429 g/mol. The molecule has 0 saturated carbocycles. The summed E-state index contributed by atoms with van der Waals surface area (Å²) in [7, 11) is 9.14. The zero-order chi connectivity index (χ0) is 14.9. The van der Waals surface area contributed by atoms with Gasteiger partial charge in [0, 0.05) is 23.0 Å². The summed E-state index contributed by atoms with van der Waals surface area (Å²) in [5.74, 6) is 0. The predicted octanol–water partition coefficient (Wildman–Crippen LogP) is 4.76. The van der Waals surface area contributed by atoms with Gasteiger partial charge in [-0.15, -0.1) is 0 Å². The molecule has 1 nitrogen and oxygen atoms in total. The molecule has 0 aliphatic carbocycles. The smallest absolute Gasteiger partial charge is 0.0587 e. The molecule has 0 atom stereocenters. The maximum Gasteiger partial charge on any atom is 0.0587 e. The van der Waals surface area contributed by atoms with Gasteiger partial charge in [0.1, 0.15) is 0 Å². The van der Waals surface area contributed by atoms with Gasteiger partial charge in [-0.25, -0.2) is 0 Å². The van der Waals surface area contributed by atoms with Crippen molar-refractivity contribution in [3.05, 3.63) is 85.2 Å². The minimum absolute atomic E-state index is 0.106. The van der Waals surface area contributed by atoms with Crippen LogP contribution in [-0.4, -0.2) is 4.34 Å². The van der Waals surface area contributed by atoms with Crippen LogP contribution in [0.5, 0.6) is 0 Å². The first-order chi connectivity index (χ1) is 10.4. The van der Waals surface area contributed by atoms with Gasteiger partial charge in [-0.3, -0.25) is 0 Å². The molecule has 0 saturated heterocycles. The predicted molar refractivity (Wildman–Crippen MR) is 90.6 cm³/mol. The molecule has 2 aromatic carbocycles.